The number of amides is 2. The number of carbonyl (C=O) groups is 2. The number of rotatable bonds is 2. The second-order valence-corrected chi connectivity index (χ2v) is 3.40. The molecule has 78 valence electrons. The minimum absolute atomic E-state index is 0.197. The Labute approximate surface area is 85.5 Å². The van der Waals surface area contributed by atoms with Gasteiger partial charge in [0.1, 0.15) is 12.4 Å². The van der Waals surface area contributed by atoms with Crippen LogP contribution in [0, 0.1) is 5.82 Å². The summed E-state index contributed by atoms with van der Waals surface area (Å²) >= 11 is 0. The van der Waals surface area contributed by atoms with Gasteiger partial charge in [-0.2, -0.15) is 0 Å². The molecule has 0 radical (unpaired) electrons. The maximum Gasteiger partial charge on any atom is 0.237 e. The number of fused-ring (bicyclic) bond motifs is 1. The molecule has 0 unspecified atom stereocenters. The zero-order valence-corrected chi connectivity index (χ0v) is 7.87. The first-order chi connectivity index (χ1) is 7.08. The minimum atomic E-state index is -0.611. The van der Waals surface area contributed by atoms with Crippen molar-refractivity contribution in [2.75, 3.05) is 11.4 Å². The maximum absolute atomic E-state index is 12.9. The zero-order chi connectivity index (χ0) is 11.0. The van der Waals surface area contributed by atoms with Gasteiger partial charge in [-0.3, -0.25) is 9.59 Å². The van der Waals surface area contributed by atoms with Gasteiger partial charge >= 0.3 is 0 Å². The summed E-state index contributed by atoms with van der Waals surface area (Å²) in [5, 5.41) is 0. The number of halogens is 1. The number of nitrogens with zero attached hydrogens (tertiary/aromatic N) is 1. The largest absolute Gasteiger partial charge is 0.368 e. The Bertz CT molecular complexity index is 445. The topological polar surface area (TPSA) is 63.4 Å². The molecule has 1 aromatic carbocycles. The molecule has 0 atom stereocenters. The third kappa shape index (κ3) is 1.68. The van der Waals surface area contributed by atoms with Crippen LogP contribution in [0.15, 0.2) is 18.2 Å². The fourth-order valence-corrected chi connectivity index (χ4v) is 1.66. The first kappa shape index (κ1) is 9.64. The quantitative estimate of drug-likeness (QED) is 0.754. The molecule has 1 aromatic rings. The molecule has 2 amide bonds. The lowest BCUT2D eigenvalue weighted by Gasteiger charge is -2.14. The summed E-state index contributed by atoms with van der Waals surface area (Å²) in [6, 6.07) is 4.08. The average molecular weight is 208 g/mol. The number of anilines is 1. The molecule has 2 rings (SSSR count). The third-order valence-electron chi connectivity index (χ3n) is 2.29. The average Bonchev–Trinajstić information content (AvgIpc) is 2.43. The van der Waals surface area contributed by atoms with Crippen LogP contribution in [0.2, 0.25) is 0 Å². The van der Waals surface area contributed by atoms with Gasteiger partial charge in [-0.1, -0.05) is 6.07 Å². The number of benzene rings is 1. The van der Waals surface area contributed by atoms with E-state index in [1.54, 1.807) is 6.07 Å². The number of hydrogen-bond acceptors (Lipinski definition) is 2. The van der Waals surface area contributed by atoms with Gasteiger partial charge in [0.2, 0.25) is 11.8 Å². The molecule has 1 aliphatic heterocycles. The van der Waals surface area contributed by atoms with Crippen molar-refractivity contribution in [2.24, 2.45) is 5.73 Å². The Morgan fingerprint density at radius 3 is 2.93 bits per heavy atom. The minimum Gasteiger partial charge on any atom is -0.368 e. The van der Waals surface area contributed by atoms with Gasteiger partial charge in [-0.25, -0.2) is 4.39 Å². The van der Waals surface area contributed by atoms with Gasteiger partial charge in [0.05, 0.1) is 12.1 Å². The molecular weight excluding hydrogens is 199 g/mol. The van der Waals surface area contributed by atoms with Crippen molar-refractivity contribution >= 4 is 17.5 Å². The third-order valence-corrected chi connectivity index (χ3v) is 2.29. The van der Waals surface area contributed by atoms with Crippen LogP contribution in [-0.2, 0) is 16.0 Å². The second kappa shape index (κ2) is 3.34. The highest BCUT2D eigenvalue weighted by Crippen LogP contribution is 2.28. The van der Waals surface area contributed by atoms with Crippen LogP contribution in [0.1, 0.15) is 5.56 Å². The summed E-state index contributed by atoms with van der Waals surface area (Å²) in [7, 11) is 0. The lowest BCUT2D eigenvalue weighted by atomic mass is 10.1. The first-order valence-corrected chi connectivity index (χ1v) is 4.45. The Morgan fingerprint density at radius 2 is 2.27 bits per heavy atom. The van der Waals surface area contributed by atoms with E-state index in [0.717, 1.165) is 5.56 Å². The Hall–Kier alpha value is -1.91. The van der Waals surface area contributed by atoms with Crippen LogP contribution in [0.5, 0.6) is 0 Å². The summed E-state index contributed by atoms with van der Waals surface area (Å²) in [5.74, 6) is -1.27. The van der Waals surface area contributed by atoms with E-state index >= 15 is 0 Å². The van der Waals surface area contributed by atoms with Gasteiger partial charge in [0.15, 0.2) is 0 Å². The lowest BCUT2D eigenvalue weighted by Crippen LogP contribution is -2.35. The van der Waals surface area contributed by atoms with Gasteiger partial charge in [0.25, 0.3) is 0 Å². The molecule has 0 spiro atoms. The molecule has 2 N–H and O–H groups in total. The van der Waals surface area contributed by atoms with E-state index in [2.05, 4.69) is 0 Å². The van der Waals surface area contributed by atoms with E-state index in [4.69, 9.17) is 5.73 Å². The summed E-state index contributed by atoms with van der Waals surface area (Å²) in [6.45, 7) is -0.199. The molecular formula is C10H9FN2O2. The number of primary amides is 1. The summed E-state index contributed by atoms with van der Waals surface area (Å²) in [4.78, 5) is 23.4. The van der Waals surface area contributed by atoms with E-state index in [-0.39, 0.29) is 18.9 Å². The van der Waals surface area contributed by atoms with Crippen LogP contribution in [0.25, 0.3) is 0 Å². The van der Waals surface area contributed by atoms with Crippen molar-refractivity contribution in [2.45, 2.75) is 6.42 Å². The van der Waals surface area contributed by atoms with Crippen LogP contribution < -0.4 is 10.6 Å². The Kier molecular flexibility index (Phi) is 2.15. The van der Waals surface area contributed by atoms with Crippen molar-refractivity contribution in [1.29, 1.82) is 0 Å². The van der Waals surface area contributed by atoms with Crippen molar-refractivity contribution < 1.29 is 14.0 Å². The molecule has 15 heavy (non-hydrogen) atoms. The first-order valence-electron chi connectivity index (χ1n) is 4.45. The van der Waals surface area contributed by atoms with E-state index in [1.807, 2.05) is 0 Å². The Balaban J connectivity index is 2.39. The molecule has 0 fully saturated rings. The fraction of sp³-hybridized carbons (Fsp3) is 0.200. The lowest BCUT2D eigenvalue weighted by molar-refractivity contribution is -0.121. The predicted molar refractivity (Wildman–Crippen MR) is 51.7 cm³/mol. The highest BCUT2D eigenvalue weighted by atomic mass is 19.1. The van der Waals surface area contributed by atoms with Crippen LogP contribution in [0.3, 0.4) is 0 Å². The summed E-state index contributed by atoms with van der Waals surface area (Å²) in [6.07, 6.45) is 0.197. The van der Waals surface area contributed by atoms with E-state index in [9.17, 15) is 14.0 Å². The van der Waals surface area contributed by atoms with E-state index in [0.29, 0.717) is 5.69 Å². The molecule has 5 heteroatoms. The number of carbonyl (C=O) groups excluding carboxylic acids is 2. The molecule has 1 heterocycles. The predicted octanol–water partition coefficient (Wildman–Crippen LogP) is 0.200. The molecule has 4 nitrogen and oxygen atoms in total. The molecule has 0 bridgehead atoms. The second-order valence-electron chi connectivity index (χ2n) is 3.40. The van der Waals surface area contributed by atoms with Gasteiger partial charge in [0, 0.05) is 0 Å². The molecule has 0 aliphatic carbocycles. The summed E-state index contributed by atoms with van der Waals surface area (Å²) < 4.78 is 12.9. The smallest absolute Gasteiger partial charge is 0.237 e. The SMILES string of the molecule is NC(=O)CN1C(=O)Cc2ccc(F)cc21. The van der Waals surface area contributed by atoms with Gasteiger partial charge in [-0.15, -0.1) is 0 Å². The number of hydrogen-bond donors (Lipinski definition) is 1. The van der Waals surface area contributed by atoms with Crippen LogP contribution in [0.4, 0.5) is 10.1 Å². The fourth-order valence-electron chi connectivity index (χ4n) is 1.66. The zero-order valence-electron chi connectivity index (χ0n) is 7.87. The van der Waals surface area contributed by atoms with Crippen molar-refractivity contribution in [3.05, 3.63) is 29.6 Å². The van der Waals surface area contributed by atoms with Crippen LogP contribution in [-0.4, -0.2) is 18.4 Å². The van der Waals surface area contributed by atoms with Gasteiger partial charge in [-0.05, 0) is 17.7 Å². The Morgan fingerprint density at radius 1 is 1.53 bits per heavy atom. The summed E-state index contributed by atoms with van der Waals surface area (Å²) in [5.41, 5.74) is 6.17. The van der Waals surface area contributed by atoms with E-state index in [1.165, 1.54) is 17.0 Å². The standard InChI is InChI=1S/C10H9FN2O2/c11-7-2-1-6-3-10(15)13(5-9(12)14)8(6)4-7/h1-2,4H,3,5H2,(H2,12,14). The highest BCUT2D eigenvalue weighted by molar-refractivity contribution is 6.04. The molecule has 0 saturated carbocycles. The van der Waals surface area contributed by atoms with Crippen molar-refractivity contribution in [1.82, 2.24) is 0 Å². The number of nitrogens with two attached hydrogens (primary N) is 1. The molecule has 0 saturated heterocycles. The normalized spacial score (nSPS) is 14.2. The van der Waals surface area contributed by atoms with E-state index < -0.39 is 11.7 Å². The van der Waals surface area contributed by atoms with Crippen molar-refractivity contribution in [3.8, 4) is 0 Å². The van der Waals surface area contributed by atoms with Crippen LogP contribution >= 0.6 is 0 Å². The van der Waals surface area contributed by atoms with Crippen molar-refractivity contribution in [3.63, 3.8) is 0 Å². The molecule has 0 aromatic heterocycles. The highest BCUT2D eigenvalue weighted by Gasteiger charge is 2.28. The van der Waals surface area contributed by atoms with Gasteiger partial charge < -0.3 is 10.6 Å². The monoisotopic (exact) mass is 208 g/mol. The maximum atomic E-state index is 12.9. The molecule has 1 aliphatic rings.